The Labute approximate surface area is 105 Å². The van der Waals surface area contributed by atoms with Crippen LogP contribution in [0.1, 0.15) is 19.2 Å². The van der Waals surface area contributed by atoms with Crippen molar-refractivity contribution in [3.8, 4) is 0 Å². The van der Waals surface area contributed by atoms with Crippen LogP contribution in [0, 0.1) is 0 Å². The molecule has 2 rings (SSSR count). The second kappa shape index (κ2) is 5.14. The molecule has 0 radical (unpaired) electrons. The maximum absolute atomic E-state index is 5.95. The van der Waals surface area contributed by atoms with E-state index in [-0.39, 0.29) is 0 Å². The van der Waals surface area contributed by atoms with Gasteiger partial charge in [-0.15, -0.1) is 0 Å². The van der Waals surface area contributed by atoms with Gasteiger partial charge in [-0.1, -0.05) is 18.5 Å². The van der Waals surface area contributed by atoms with E-state index in [0.29, 0.717) is 11.0 Å². The molecule has 0 fully saturated rings. The molecule has 2 aromatic heterocycles. The monoisotopic (exact) mass is 251 g/mol. The molecule has 0 aliphatic heterocycles. The van der Waals surface area contributed by atoms with Crippen LogP contribution >= 0.6 is 11.6 Å². The average Bonchev–Trinajstić information content (AvgIpc) is 2.63. The van der Waals surface area contributed by atoms with Gasteiger partial charge in [0.05, 0.1) is 11.9 Å². The van der Waals surface area contributed by atoms with Crippen molar-refractivity contribution in [3.63, 3.8) is 0 Å². The Kier molecular flexibility index (Phi) is 3.58. The lowest BCUT2D eigenvalue weighted by Crippen LogP contribution is -2.00. The van der Waals surface area contributed by atoms with Gasteiger partial charge in [-0.05, 0) is 6.42 Å². The maximum atomic E-state index is 5.95. The Balaban J connectivity index is 2.20. The number of halogens is 1. The van der Waals surface area contributed by atoms with Crippen LogP contribution in [0.2, 0.25) is 5.15 Å². The molecule has 0 aromatic carbocycles. The SMILES string of the molecule is CCCc1nc(Cl)cc(Nc2cnn(C)c2)n1. The van der Waals surface area contributed by atoms with E-state index < -0.39 is 0 Å². The minimum atomic E-state index is 0.454. The highest BCUT2D eigenvalue weighted by Gasteiger charge is 2.04. The van der Waals surface area contributed by atoms with Gasteiger partial charge in [0, 0.05) is 25.7 Å². The van der Waals surface area contributed by atoms with Gasteiger partial charge in [0.1, 0.15) is 16.8 Å². The average molecular weight is 252 g/mol. The molecule has 0 spiro atoms. The number of hydrogen-bond donors (Lipinski definition) is 1. The largest absolute Gasteiger partial charge is 0.338 e. The van der Waals surface area contributed by atoms with Gasteiger partial charge in [0.25, 0.3) is 0 Å². The smallest absolute Gasteiger partial charge is 0.135 e. The van der Waals surface area contributed by atoms with Crippen LogP contribution in [0.15, 0.2) is 18.5 Å². The Bertz CT molecular complexity index is 508. The summed E-state index contributed by atoms with van der Waals surface area (Å²) in [6.07, 6.45) is 5.42. The molecule has 0 bridgehead atoms. The Morgan fingerprint density at radius 1 is 1.41 bits per heavy atom. The summed E-state index contributed by atoms with van der Waals surface area (Å²) < 4.78 is 1.72. The van der Waals surface area contributed by atoms with Crippen LogP contribution in [0.4, 0.5) is 11.5 Å². The molecule has 0 saturated heterocycles. The fourth-order valence-corrected chi connectivity index (χ4v) is 1.70. The topological polar surface area (TPSA) is 55.6 Å². The van der Waals surface area contributed by atoms with E-state index in [1.54, 1.807) is 16.9 Å². The lowest BCUT2D eigenvalue weighted by molar-refractivity contribution is 0.768. The van der Waals surface area contributed by atoms with Crippen LogP contribution in [0.5, 0.6) is 0 Å². The maximum Gasteiger partial charge on any atom is 0.135 e. The van der Waals surface area contributed by atoms with E-state index >= 15 is 0 Å². The molecule has 90 valence electrons. The standard InChI is InChI=1S/C11H14ClN5/c1-3-4-10-15-9(12)5-11(16-10)14-8-6-13-17(2)7-8/h5-7H,3-4H2,1-2H3,(H,14,15,16). The predicted octanol–water partition coefficient (Wildman–Crippen LogP) is 2.56. The van der Waals surface area contributed by atoms with Crippen LogP contribution in [0.3, 0.4) is 0 Å². The second-order valence-corrected chi connectivity index (χ2v) is 4.16. The van der Waals surface area contributed by atoms with Gasteiger partial charge in [-0.3, -0.25) is 4.68 Å². The van der Waals surface area contributed by atoms with Crippen molar-refractivity contribution in [2.45, 2.75) is 19.8 Å². The summed E-state index contributed by atoms with van der Waals surface area (Å²) in [6.45, 7) is 2.08. The van der Waals surface area contributed by atoms with Crippen LogP contribution < -0.4 is 5.32 Å². The van der Waals surface area contributed by atoms with Crippen molar-refractivity contribution in [3.05, 3.63) is 29.4 Å². The number of aromatic nitrogens is 4. The number of rotatable bonds is 4. The lowest BCUT2D eigenvalue weighted by Gasteiger charge is -2.05. The predicted molar refractivity (Wildman–Crippen MR) is 67.5 cm³/mol. The summed E-state index contributed by atoms with van der Waals surface area (Å²) in [5.74, 6) is 1.45. The third-order valence-electron chi connectivity index (χ3n) is 2.19. The first kappa shape index (κ1) is 11.9. The van der Waals surface area contributed by atoms with Crippen molar-refractivity contribution in [1.29, 1.82) is 0 Å². The van der Waals surface area contributed by atoms with E-state index in [9.17, 15) is 0 Å². The zero-order valence-electron chi connectivity index (χ0n) is 9.81. The second-order valence-electron chi connectivity index (χ2n) is 3.77. The van der Waals surface area contributed by atoms with Gasteiger partial charge in [-0.2, -0.15) is 5.10 Å². The van der Waals surface area contributed by atoms with E-state index in [2.05, 4.69) is 27.3 Å². The lowest BCUT2D eigenvalue weighted by atomic mass is 10.3. The summed E-state index contributed by atoms with van der Waals surface area (Å²) in [5, 5.41) is 7.67. The molecule has 2 aromatic rings. The molecule has 6 heteroatoms. The first-order valence-electron chi connectivity index (χ1n) is 5.46. The summed E-state index contributed by atoms with van der Waals surface area (Å²) in [6, 6.07) is 1.70. The van der Waals surface area contributed by atoms with Gasteiger partial charge in [0.15, 0.2) is 0 Å². The molecule has 0 aliphatic carbocycles. The molecule has 17 heavy (non-hydrogen) atoms. The van der Waals surface area contributed by atoms with Gasteiger partial charge < -0.3 is 5.32 Å². The minimum Gasteiger partial charge on any atom is -0.338 e. The van der Waals surface area contributed by atoms with Crippen molar-refractivity contribution in [2.24, 2.45) is 7.05 Å². The Morgan fingerprint density at radius 3 is 2.88 bits per heavy atom. The molecule has 2 heterocycles. The third kappa shape index (κ3) is 3.17. The molecule has 1 N–H and O–H groups in total. The number of nitrogens with zero attached hydrogens (tertiary/aromatic N) is 4. The number of anilines is 2. The third-order valence-corrected chi connectivity index (χ3v) is 2.39. The Hall–Kier alpha value is -1.62. The van der Waals surface area contributed by atoms with Crippen molar-refractivity contribution >= 4 is 23.1 Å². The van der Waals surface area contributed by atoms with Crippen molar-refractivity contribution in [1.82, 2.24) is 19.7 Å². The Morgan fingerprint density at radius 2 is 2.24 bits per heavy atom. The van der Waals surface area contributed by atoms with E-state index in [1.165, 1.54) is 0 Å². The van der Waals surface area contributed by atoms with Crippen molar-refractivity contribution < 1.29 is 0 Å². The normalized spacial score (nSPS) is 10.5. The highest BCUT2D eigenvalue weighted by molar-refractivity contribution is 6.29. The van der Waals surface area contributed by atoms with Gasteiger partial charge in [0.2, 0.25) is 0 Å². The van der Waals surface area contributed by atoms with E-state index in [0.717, 1.165) is 24.4 Å². The number of aryl methyl sites for hydroxylation is 2. The number of nitrogens with one attached hydrogen (secondary N) is 1. The summed E-state index contributed by atoms with van der Waals surface area (Å²) in [4.78, 5) is 8.55. The molecule has 0 aliphatic rings. The molecular formula is C11H14ClN5. The fourth-order valence-electron chi connectivity index (χ4n) is 1.50. The first-order chi connectivity index (χ1) is 8.17. The first-order valence-corrected chi connectivity index (χ1v) is 5.84. The van der Waals surface area contributed by atoms with Gasteiger partial charge >= 0.3 is 0 Å². The van der Waals surface area contributed by atoms with Crippen molar-refractivity contribution in [2.75, 3.05) is 5.32 Å². The summed E-state index contributed by atoms with van der Waals surface area (Å²) >= 11 is 5.95. The quantitative estimate of drug-likeness (QED) is 0.849. The molecular weight excluding hydrogens is 238 g/mol. The van der Waals surface area contributed by atoms with E-state index in [1.807, 2.05) is 13.2 Å². The highest BCUT2D eigenvalue weighted by atomic mass is 35.5. The van der Waals surface area contributed by atoms with E-state index in [4.69, 9.17) is 11.6 Å². The molecule has 0 amide bonds. The van der Waals surface area contributed by atoms with Crippen LogP contribution in [0.25, 0.3) is 0 Å². The van der Waals surface area contributed by atoms with Crippen LogP contribution in [-0.2, 0) is 13.5 Å². The zero-order chi connectivity index (χ0) is 12.3. The molecule has 0 atom stereocenters. The van der Waals surface area contributed by atoms with Crippen LogP contribution in [-0.4, -0.2) is 19.7 Å². The summed E-state index contributed by atoms with van der Waals surface area (Å²) in [7, 11) is 1.86. The van der Waals surface area contributed by atoms with Gasteiger partial charge in [-0.25, -0.2) is 9.97 Å². The summed E-state index contributed by atoms with van der Waals surface area (Å²) in [5.41, 5.74) is 0.879. The minimum absolute atomic E-state index is 0.454. The zero-order valence-corrected chi connectivity index (χ0v) is 10.6. The number of hydrogen-bond acceptors (Lipinski definition) is 4. The molecule has 5 nitrogen and oxygen atoms in total. The molecule has 0 saturated carbocycles. The molecule has 0 unspecified atom stereocenters. The highest BCUT2D eigenvalue weighted by Crippen LogP contribution is 2.17. The fraction of sp³-hybridized carbons (Fsp3) is 0.364.